The van der Waals surface area contributed by atoms with Crippen molar-refractivity contribution in [2.24, 2.45) is 0 Å². The predicted octanol–water partition coefficient (Wildman–Crippen LogP) is 4.20. The lowest BCUT2D eigenvalue weighted by molar-refractivity contribution is -0.137. The Morgan fingerprint density at radius 2 is 1.39 bits per heavy atom. The van der Waals surface area contributed by atoms with E-state index in [-0.39, 0.29) is 17.6 Å². The van der Waals surface area contributed by atoms with Crippen LogP contribution in [0.1, 0.15) is 23.7 Å². The third kappa shape index (κ3) is 5.52. The summed E-state index contributed by atoms with van der Waals surface area (Å²) in [5, 5.41) is 9.39. The van der Waals surface area contributed by atoms with Crippen molar-refractivity contribution in [2.75, 3.05) is 26.2 Å². The van der Waals surface area contributed by atoms with Gasteiger partial charge in [-0.25, -0.2) is 0 Å². The van der Waals surface area contributed by atoms with E-state index >= 15 is 0 Å². The van der Waals surface area contributed by atoms with Gasteiger partial charge in [0, 0.05) is 31.7 Å². The monoisotopic (exact) mass is 444 g/mol. The van der Waals surface area contributed by atoms with Crippen molar-refractivity contribution in [3.63, 3.8) is 0 Å². The molecule has 6 heteroatoms. The van der Waals surface area contributed by atoms with Crippen molar-refractivity contribution in [1.29, 1.82) is 0 Å². The van der Waals surface area contributed by atoms with Crippen LogP contribution in [0.4, 0.5) is 0 Å². The summed E-state index contributed by atoms with van der Waals surface area (Å²) in [5.41, 5.74) is 2.84. The van der Waals surface area contributed by atoms with E-state index in [1.165, 1.54) is 12.1 Å². The molecule has 1 heterocycles. The highest BCUT2D eigenvalue weighted by Gasteiger charge is 2.26. The molecule has 0 bridgehead atoms. The second-order valence-electron chi connectivity index (χ2n) is 8.17. The van der Waals surface area contributed by atoms with Crippen LogP contribution in [0.2, 0.25) is 0 Å². The van der Waals surface area contributed by atoms with Crippen LogP contribution < -0.4 is 4.74 Å². The second kappa shape index (κ2) is 10.2. The van der Waals surface area contributed by atoms with Crippen LogP contribution in [0.5, 0.6) is 11.5 Å². The van der Waals surface area contributed by atoms with Crippen molar-refractivity contribution in [3.05, 3.63) is 84.4 Å². The summed E-state index contributed by atoms with van der Waals surface area (Å²) in [7, 11) is 0. The van der Waals surface area contributed by atoms with Crippen LogP contribution in [-0.2, 0) is 4.79 Å². The number of phenolic OH excluding ortho intramolecular Hbond substituents is 1. The molecule has 0 spiro atoms. The Kier molecular flexibility index (Phi) is 6.93. The van der Waals surface area contributed by atoms with Gasteiger partial charge >= 0.3 is 0 Å². The van der Waals surface area contributed by atoms with Crippen molar-refractivity contribution < 1.29 is 19.4 Å². The summed E-state index contributed by atoms with van der Waals surface area (Å²) < 4.78 is 5.73. The van der Waals surface area contributed by atoms with Gasteiger partial charge in [-0.2, -0.15) is 0 Å². The zero-order valence-electron chi connectivity index (χ0n) is 18.7. The Morgan fingerprint density at radius 1 is 0.788 bits per heavy atom. The van der Waals surface area contributed by atoms with E-state index in [0.29, 0.717) is 43.9 Å². The lowest BCUT2D eigenvalue weighted by Gasteiger charge is -2.25. The normalized spacial score (nSPS) is 14.9. The molecule has 1 unspecified atom stereocenters. The van der Waals surface area contributed by atoms with Gasteiger partial charge < -0.3 is 19.6 Å². The summed E-state index contributed by atoms with van der Waals surface area (Å²) in [6, 6.07) is 24.0. The first-order valence-electron chi connectivity index (χ1n) is 11.2. The van der Waals surface area contributed by atoms with Crippen LogP contribution in [0, 0.1) is 0 Å². The fourth-order valence-electron chi connectivity index (χ4n) is 4.00. The molecular weight excluding hydrogens is 416 g/mol. The molecule has 4 rings (SSSR count). The van der Waals surface area contributed by atoms with Crippen LogP contribution in [0.3, 0.4) is 0 Å². The topological polar surface area (TPSA) is 70.1 Å². The van der Waals surface area contributed by atoms with Gasteiger partial charge in [-0.1, -0.05) is 42.5 Å². The molecule has 0 radical (unpaired) electrons. The molecule has 1 saturated heterocycles. The molecule has 6 nitrogen and oxygen atoms in total. The number of hydrogen-bond acceptors (Lipinski definition) is 4. The van der Waals surface area contributed by atoms with Gasteiger partial charge in [0.15, 0.2) is 6.10 Å². The minimum Gasteiger partial charge on any atom is -0.508 e. The Morgan fingerprint density at radius 3 is 2.09 bits per heavy atom. The van der Waals surface area contributed by atoms with Gasteiger partial charge in [-0.3, -0.25) is 9.59 Å². The van der Waals surface area contributed by atoms with E-state index < -0.39 is 6.10 Å². The van der Waals surface area contributed by atoms with Gasteiger partial charge in [0.1, 0.15) is 11.5 Å². The standard InChI is InChI=1S/C27H28N2O4/c1-20(33-25-14-12-24(30)13-15-25)26(31)28-16-5-17-29(19-18-28)27(32)23-10-8-22(9-11-23)21-6-3-2-4-7-21/h2-4,6-15,20,30H,5,16-19H2,1H3. The fraction of sp³-hybridized carbons (Fsp3) is 0.259. The Labute approximate surface area is 194 Å². The zero-order valence-corrected chi connectivity index (χ0v) is 18.7. The van der Waals surface area contributed by atoms with Crippen molar-refractivity contribution in [3.8, 4) is 22.6 Å². The smallest absolute Gasteiger partial charge is 0.263 e. The van der Waals surface area contributed by atoms with Crippen LogP contribution in [-0.4, -0.2) is 59.0 Å². The highest BCUT2D eigenvalue weighted by atomic mass is 16.5. The largest absolute Gasteiger partial charge is 0.508 e. The maximum atomic E-state index is 13.1. The van der Waals surface area contributed by atoms with Crippen LogP contribution >= 0.6 is 0 Å². The van der Waals surface area contributed by atoms with Gasteiger partial charge in [0.05, 0.1) is 0 Å². The number of carbonyl (C=O) groups is 2. The van der Waals surface area contributed by atoms with Gasteiger partial charge in [0.25, 0.3) is 11.8 Å². The van der Waals surface area contributed by atoms with Crippen molar-refractivity contribution in [2.45, 2.75) is 19.4 Å². The average molecular weight is 445 g/mol. The van der Waals surface area contributed by atoms with E-state index in [9.17, 15) is 14.7 Å². The van der Waals surface area contributed by atoms with Crippen LogP contribution in [0.15, 0.2) is 78.9 Å². The second-order valence-corrected chi connectivity index (χ2v) is 8.17. The van der Waals surface area contributed by atoms with Crippen LogP contribution in [0.25, 0.3) is 11.1 Å². The molecule has 3 aromatic carbocycles. The molecule has 0 saturated carbocycles. The zero-order chi connectivity index (χ0) is 23.2. The number of carbonyl (C=O) groups excluding carboxylic acids is 2. The number of benzene rings is 3. The molecule has 1 aliphatic heterocycles. The van der Waals surface area contributed by atoms with Gasteiger partial charge in [-0.15, -0.1) is 0 Å². The van der Waals surface area contributed by atoms with E-state index in [1.54, 1.807) is 24.0 Å². The van der Waals surface area contributed by atoms with E-state index in [4.69, 9.17) is 4.74 Å². The molecule has 0 aliphatic carbocycles. The first-order valence-corrected chi connectivity index (χ1v) is 11.2. The lowest BCUT2D eigenvalue weighted by atomic mass is 10.0. The first-order chi connectivity index (χ1) is 16.0. The summed E-state index contributed by atoms with van der Waals surface area (Å²) in [4.78, 5) is 29.5. The van der Waals surface area contributed by atoms with Gasteiger partial charge in [0.2, 0.25) is 0 Å². The SMILES string of the molecule is CC(Oc1ccc(O)cc1)C(=O)N1CCCN(C(=O)c2ccc(-c3ccccc3)cc2)CC1. The number of aromatic hydroxyl groups is 1. The molecule has 1 N–H and O–H groups in total. The molecule has 0 aromatic heterocycles. The summed E-state index contributed by atoms with van der Waals surface area (Å²) in [6.07, 6.45) is 0.0632. The first kappa shape index (κ1) is 22.4. The van der Waals surface area contributed by atoms with E-state index in [1.807, 2.05) is 59.5 Å². The molecule has 1 aliphatic rings. The summed E-state index contributed by atoms with van der Waals surface area (Å²) in [5.74, 6) is 0.550. The maximum absolute atomic E-state index is 13.1. The number of nitrogens with zero attached hydrogens (tertiary/aromatic N) is 2. The average Bonchev–Trinajstić information content (AvgIpc) is 3.11. The number of rotatable bonds is 5. The molecular formula is C27H28N2O4. The van der Waals surface area contributed by atoms with Crippen molar-refractivity contribution in [1.82, 2.24) is 9.80 Å². The molecule has 3 aromatic rings. The maximum Gasteiger partial charge on any atom is 0.263 e. The molecule has 1 fully saturated rings. The van der Waals surface area contributed by atoms with E-state index in [0.717, 1.165) is 11.1 Å². The highest BCUT2D eigenvalue weighted by molar-refractivity contribution is 5.94. The molecule has 170 valence electrons. The minimum absolute atomic E-state index is 0.0164. The number of amides is 2. The number of hydrogen-bond donors (Lipinski definition) is 1. The molecule has 2 amide bonds. The fourth-order valence-corrected chi connectivity index (χ4v) is 4.00. The summed E-state index contributed by atoms with van der Waals surface area (Å²) >= 11 is 0. The van der Waals surface area contributed by atoms with Crippen molar-refractivity contribution >= 4 is 11.8 Å². The Hall–Kier alpha value is -3.80. The van der Waals surface area contributed by atoms with Gasteiger partial charge in [-0.05, 0) is 60.9 Å². The quantitative estimate of drug-likeness (QED) is 0.640. The molecule has 33 heavy (non-hydrogen) atoms. The summed E-state index contributed by atoms with van der Waals surface area (Å²) in [6.45, 7) is 3.86. The minimum atomic E-state index is -0.651. The van der Waals surface area contributed by atoms with E-state index in [2.05, 4.69) is 0 Å². The lowest BCUT2D eigenvalue weighted by Crippen LogP contribution is -2.43. The number of phenols is 1. The third-order valence-corrected chi connectivity index (χ3v) is 5.83. The number of ether oxygens (including phenoxy) is 1. The molecule has 1 atom stereocenters. The Balaban J connectivity index is 1.34. The predicted molar refractivity (Wildman–Crippen MR) is 127 cm³/mol. The third-order valence-electron chi connectivity index (χ3n) is 5.83. The Bertz CT molecular complexity index is 1080. The highest BCUT2D eigenvalue weighted by Crippen LogP contribution is 2.21.